The van der Waals surface area contributed by atoms with E-state index in [9.17, 15) is 0 Å². The van der Waals surface area contributed by atoms with E-state index in [1.54, 1.807) is 11.3 Å². The summed E-state index contributed by atoms with van der Waals surface area (Å²) < 4.78 is 0. The molecule has 2 heterocycles. The zero-order valence-corrected chi connectivity index (χ0v) is 12.5. The van der Waals surface area contributed by atoms with E-state index in [2.05, 4.69) is 51.3 Å². The quantitative estimate of drug-likeness (QED) is 0.838. The van der Waals surface area contributed by atoms with E-state index in [1.165, 1.54) is 0 Å². The summed E-state index contributed by atoms with van der Waals surface area (Å²) in [5.74, 6) is 2.72. The molecule has 19 heavy (non-hydrogen) atoms. The minimum Gasteiger partial charge on any atom is -0.370 e. The third-order valence-electron chi connectivity index (χ3n) is 2.79. The fourth-order valence-corrected chi connectivity index (χ4v) is 2.42. The Morgan fingerprint density at radius 1 is 1.21 bits per heavy atom. The van der Waals surface area contributed by atoms with Crippen molar-refractivity contribution in [3.63, 3.8) is 0 Å². The van der Waals surface area contributed by atoms with E-state index in [0.717, 1.165) is 48.1 Å². The molecule has 2 rings (SSSR count). The molecular weight excluding hydrogens is 256 g/mol. The lowest BCUT2D eigenvalue weighted by Gasteiger charge is -2.13. The number of aryl methyl sites for hydroxylation is 1. The molecular formula is C14H20N4S. The van der Waals surface area contributed by atoms with Gasteiger partial charge < -0.3 is 10.6 Å². The maximum absolute atomic E-state index is 4.62. The summed E-state index contributed by atoms with van der Waals surface area (Å²) in [5, 5.41) is 10.8. The van der Waals surface area contributed by atoms with Crippen LogP contribution in [0.25, 0.3) is 0 Å². The van der Waals surface area contributed by atoms with Crippen molar-refractivity contribution in [2.45, 2.75) is 33.6 Å². The van der Waals surface area contributed by atoms with Crippen LogP contribution in [0.5, 0.6) is 0 Å². The first kappa shape index (κ1) is 13.8. The molecule has 5 heteroatoms. The topological polar surface area (TPSA) is 49.8 Å². The first-order chi connectivity index (χ1) is 9.24. The number of anilines is 3. The Morgan fingerprint density at radius 3 is 2.63 bits per heavy atom. The summed E-state index contributed by atoms with van der Waals surface area (Å²) >= 11 is 1.67. The average Bonchev–Trinajstić information content (AvgIpc) is 2.88. The predicted molar refractivity (Wildman–Crippen MR) is 82.5 cm³/mol. The van der Waals surface area contributed by atoms with Crippen LogP contribution in [0.2, 0.25) is 0 Å². The van der Waals surface area contributed by atoms with Crippen molar-refractivity contribution < 1.29 is 0 Å². The molecule has 0 aliphatic rings. The van der Waals surface area contributed by atoms with Gasteiger partial charge in [-0.3, -0.25) is 0 Å². The first-order valence-corrected chi connectivity index (χ1v) is 7.59. The number of rotatable bonds is 6. The molecule has 0 amide bonds. The molecule has 0 radical (unpaired) electrons. The van der Waals surface area contributed by atoms with Crippen molar-refractivity contribution >= 4 is 28.7 Å². The van der Waals surface area contributed by atoms with Crippen LogP contribution < -0.4 is 10.6 Å². The molecule has 102 valence electrons. The average molecular weight is 276 g/mol. The lowest BCUT2D eigenvalue weighted by atomic mass is 10.2. The van der Waals surface area contributed by atoms with Crippen LogP contribution in [0.4, 0.5) is 17.3 Å². The van der Waals surface area contributed by atoms with E-state index >= 15 is 0 Å². The Bertz CT molecular complexity index is 522. The first-order valence-electron chi connectivity index (χ1n) is 6.65. The lowest BCUT2D eigenvalue weighted by Crippen LogP contribution is -2.09. The maximum Gasteiger partial charge on any atom is 0.139 e. The van der Waals surface area contributed by atoms with Gasteiger partial charge in [-0.2, -0.15) is 11.3 Å². The molecule has 2 aromatic rings. The summed E-state index contributed by atoms with van der Waals surface area (Å²) in [4.78, 5) is 9.20. The van der Waals surface area contributed by atoms with Crippen LogP contribution in [0.1, 0.15) is 31.7 Å². The number of thiophene rings is 1. The second-order valence-corrected chi connectivity index (χ2v) is 5.16. The van der Waals surface area contributed by atoms with Gasteiger partial charge in [0.05, 0.1) is 5.69 Å². The molecule has 0 bridgehead atoms. The molecule has 2 N–H and O–H groups in total. The van der Waals surface area contributed by atoms with E-state index in [1.807, 2.05) is 6.92 Å². The highest BCUT2D eigenvalue weighted by Gasteiger charge is 2.10. The monoisotopic (exact) mass is 276 g/mol. The standard InChI is InChI=1S/C14H20N4S/c1-4-6-12-17-13(15-5-2)10(3)14(18-12)16-11-7-8-19-9-11/h7-9H,4-6H2,1-3H3,(H2,15,16,17,18). The number of hydrogen-bond acceptors (Lipinski definition) is 5. The molecule has 0 aliphatic heterocycles. The van der Waals surface area contributed by atoms with Crippen LogP contribution in [0, 0.1) is 6.92 Å². The van der Waals surface area contributed by atoms with Crippen molar-refractivity contribution in [1.29, 1.82) is 0 Å². The van der Waals surface area contributed by atoms with Crippen molar-refractivity contribution in [2.75, 3.05) is 17.2 Å². The zero-order valence-electron chi connectivity index (χ0n) is 11.7. The Balaban J connectivity index is 2.33. The molecule has 2 aromatic heterocycles. The predicted octanol–water partition coefficient (Wildman–Crippen LogP) is 3.97. The molecule has 0 aliphatic carbocycles. The van der Waals surface area contributed by atoms with Crippen molar-refractivity contribution in [3.05, 3.63) is 28.2 Å². The molecule has 0 saturated carbocycles. The highest BCUT2D eigenvalue weighted by Crippen LogP contribution is 2.25. The third-order valence-corrected chi connectivity index (χ3v) is 3.48. The van der Waals surface area contributed by atoms with Crippen LogP contribution in [-0.2, 0) is 6.42 Å². The summed E-state index contributed by atoms with van der Waals surface area (Å²) in [6.07, 6.45) is 1.95. The van der Waals surface area contributed by atoms with Crippen molar-refractivity contribution in [3.8, 4) is 0 Å². The van der Waals surface area contributed by atoms with Gasteiger partial charge in [-0.15, -0.1) is 0 Å². The molecule has 0 spiro atoms. The minimum atomic E-state index is 0.862. The second kappa shape index (κ2) is 6.52. The number of nitrogens with zero attached hydrogens (tertiary/aromatic N) is 2. The molecule has 4 nitrogen and oxygen atoms in total. The molecule has 0 atom stereocenters. The summed E-state index contributed by atoms with van der Waals surface area (Å²) in [5.41, 5.74) is 2.14. The molecule has 0 unspecified atom stereocenters. The smallest absolute Gasteiger partial charge is 0.139 e. The Hall–Kier alpha value is -1.62. The van der Waals surface area contributed by atoms with E-state index in [4.69, 9.17) is 0 Å². The van der Waals surface area contributed by atoms with Gasteiger partial charge in [0, 0.05) is 23.9 Å². The van der Waals surface area contributed by atoms with Crippen LogP contribution in [0.3, 0.4) is 0 Å². The largest absolute Gasteiger partial charge is 0.370 e. The van der Waals surface area contributed by atoms with E-state index in [0.29, 0.717) is 0 Å². The SMILES string of the molecule is CCCc1nc(NCC)c(C)c(Nc2ccsc2)n1. The van der Waals surface area contributed by atoms with Crippen molar-refractivity contribution in [2.24, 2.45) is 0 Å². The van der Waals surface area contributed by atoms with Gasteiger partial charge in [-0.25, -0.2) is 9.97 Å². The maximum atomic E-state index is 4.62. The number of aromatic nitrogens is 2. The van der Waals surface area contributed by atoms with Gasteiger partial charge >= 0.3 is 0 Å². The van der Waals surface area contributed by atoms with Gasteiger partial charge in [0.25, 0.3) is 0 Å². The zero-order chi connectivity index (χ0) is 13.7. The highest BCUT2D eigenvalue weighted by atomic mass is 32.1. The number of hydrogen-bond donors (Lipinski definition) is 2. The van der Waals surface area contributed by atoms with E-state index in [-0.39, 0.29) is 0 Å². The summed E-state index contributed by atoms with van der Waals surface area (Å²) in [6.45, 7) is 7.12. The molecule has 0 aromatic carbocycles. The third kappa shape index (κ3) is 3.44. The minimum absolute atomic E-state index is 0.862. The molecule has 0 saturated heterocycles. The summed E-state index contributed by atoms with van der Waals surface area (Å²) in [6, 6.07) is 2.05. The van der Waals surface area contributed by atoms with Gasteiger partial charge in [0.2, 0.25) is 0 Å². The van der Waals surface area contributed by atoms with Crippen molar-refractivity contribution in [1.82, 2.24) is 9.97 Å². The normalized spacial score (nSPS) is 10.5. The van der Waals surface area contributed by atoms with Crippen LogP contribution >= 0.6 is 11.3 Å². The Morgan fingerprint density at radius 2 is 2.00 bits per heavy atom. The second-order valence-electron chi connectivity index (χ2n) is 4.38. The lowest BCUT2D eigenvalue weighted by molar-refractivity contribution is 0.833. The fourth-order valence-electron chi connectivity index (χ4n) is 1.83. The van der Waals surface area contributed by atoms with Crippen LogP contribution in [0.15, 0.2) is 16.8 Å². The Labute approximate surface area is 118 Å². The summed E-state index contributed by atoms with van der Waals surface area (Å²) in [7, 11) is 0. The van der Waals surface area contributed by atoms with Gasteiger partial charge in [-0.05, 0) is 31.7 Å². The fraction of sp³-hybridized carbons (Fsp3) is 0.429. The number of nitrogens with one attached hydrogen (secondary N) is 2. The van der Waals surface area contributed by atoms with Gasteiger partial charge in [0.15, 0.2) is 0 Å². The Kier molecular flexibility index (Phi) is 4.74. The molecule has 0 fully saturated rings. The van der Waals surface area contributed by atoms with Gasteiger partial charge in [-0.1, -0.05) is 6.92 Å². The highest BCUT2D eigenvalue weighted by molar-refractivity contribution is 7.08. The van der Waals surface area contributed by atoms with Gasteiger partial charge in [0.1, 0.15) is 17.5 Å². The van der Waals surface area contributed by atoms with Crippen LogP contribution in [-0.4, -0.2) is 16.5 Å². The van der Waals surface area contributed by atoms with E-state index < -0.39 is 0 Å².